The van der Waals surface area contributed by atoms with Gasteiger partial charge >= 0.3 is 0 Å². The Morgan fingerprint density at radius 2 is 2.12 bits per heavy atom. The van der Waals surface area contributed by atoms with E-state index in [1.54, 1.807) is 6.07 Å². The minimum absolute atomic E-state index is 0.200. The van der Waals surface area contributed by atoms with Crippen LogP contribution in [0.2, 0.25) is 0 Å². The van der Waals surface area contributed by atoms with Crippen LogP contribution in [-0.4, -0.2) is 38.0 Å². The second-order valence-corrected chi connectivity index (χ2v) is 3.68. The fraction of sp³-hybridized carbons (Fsp3) is 0.500. The molecule has 0 atom stereocenters. The number of ether oxygens (including phenoxy) is 2. The highest BCUT2D eigenvalue weighted by Crippen LogP contribution is 2.30. The van der Waals surface area contributed by atoms with E-state index in [0.29, 0.717) is 12.4 Å². The summed E-state index contributed by atoms with van der Waals surface area (Å²) in [6, 6.07) is 5.52. The van der Waals surface area contributed by atoms with Gasteiger partial charge in [0.05, 0.1) is 19.8 Å². The Labute approximate surface area is 95.4 Å². The molecule has 0 aliphatic carbocycles. The average molecular weight is 223 g/mol. The van der Waals surface area contributed by atoms with Crippen LogP contribution in [0, 0.1) is 0 Å². The Hall–Kier alpha value is -1.42. The van der Waals surface area contributed by atoms with Crippen LogP contribution < -0.4 is 9.64 Å². The van der Waals surface area contributed by atoms with E-state index in [2.05, 4.69) is 4.90 Å². The molecule has 2 rings (SSSR count). The largest absolute Gasteiger partial charge is 0.504 e. The number of aromatic hydroxyl groups is 1. The van der Waals surface area contributed by atoms with Crippen molar-refractivity contribution in [3.63, 3.8) is 0 Å². The highest BCUT2D eigenvalue weighted by Gasteiger charge is 2.12. The van der Waals surface area contributed by atoms with Crippen LogP contribution in [0.15, 0.2) is 18.2 Å². The summed E-state index contributed by atoms with van der Waals surface area (Å²) in [7, 11) is 0. The molecule has 1 aromatic carbocycles. The first-order valence-electron chi connectivity index (χ1n) is 5.59. The Kier molecular flexibility index (Phi) is 3.51. The molecule has 4 nitrogen and oxygen atoms in total. The van der Waals surface area contributed by atoms with Gasteiger partial charge in [0.25, 0.3) is 0 Å². The van der Waals surface area contributed by atoms with Crippen LogP contribution in [0.5, 0.6) is 11.5 Å². The zero-order valence-corrected chi connectivity index (χ0v) is 9.48. The number of nitrogens with zero attached hydrogens (tertiary/aromatic N) is 1. The quantitative estimate of drug-likeness (QED) is 0.845. The molecule has 0 aromatic heterocycles. The predicted molar refractivity (Wildman–Crippen MR) is 62.3 cm³/mol. The van der Waals surface area contributed by atoms with Crippen molar-refractivity contribution in [2.24, 2.45) is 0 Å². The Balaban J connectivity index is 2.13. The SMILES string of the molecule is CCOc1ccc(N2CCOCC2)cc1O. The molecule has 4 heteroatoms. The van der Waals surface area contributed by atoms with Gasteiger partial charge in [0.2, 0.25) is 0 Å². The van der Waals surface area contributed by atoms with Gasteiger partial charge in [0, 0.05) is 24.8 Å². The molecule has 1 heterocycles. The number of hydrogen-bond donors (Lipinski definition) is 1. The molecule has 1 N–H and O–H groups in total. The summed E-state index contributed by atoms with van der Waals surface area (Å²) in [5.41, 5.74) is 1.02. The molecule has 1 aliphatic rings. The van der Waals surface area contributed by atoms with Crippen LogP contribution in [0.25, 0.3) is 0 Å². The normalized spacial score (nSPS) is 16.2. The summed E-state index contributed by atoms with van der Waals surface area (Å²) in [6.07, 6.45) is 0. The van der Waals surface area contributed by atoms with Gasteiger partial charge in [-0.05, 0) is 19.1 Å². The maximum atomic E-state index is 9.77. The van der Waals surface area contributed by atoms with Gasteiger partial charge in [-0.15, -0.1) is 0 Å². The highest BCUT2D eigenvalue weighted by atomic mass is 16.5. The molecule has 0 radical (unpaired) electrons. The first-order valence-corrected chi connectivity index (χ1v) is 5.59. The number of hydrogen-bond acceptors (Lipinski definition) is 4. The van der Waals surface area contributed by atoms with Crippen molar-refractivity contribution < 1.29 is 14.6 Å². The number of benzene rings is 1. The zero-order chi connectivity index (χ0) is 11.4. The van der Waals surface area contributed by atoms with Gasteiger partial charge in [-0.25, -0.2) is 0 Å². The molecule has 0 spiro atoms. The van der Waals surface area contributed by atoms with Crippen LogP contribution >= 0.6 is 0 Å². The maximum Gasteiger partial charge on any atom is 0.161 e. The third kappa shape index (κ3) is 2.39. The number of morpholine rings is 1. The predicted octanol–water partition coefficient (Wildman–Crippen LogP) is 1.63. The van der Waals surface area contributed by atoms with Crippen molar-refractivity contribution in [3.8, 4) is 11.5 Å². The van der Waals surface area contributed by atoms with E-state index in [-0.39, 0.29) is 5.75 Å². The van der Waals surface area contributed by atoms with Crippen LogP contribution in [0.1, 0.15) is 6.92 Å². The second-order valence-electron chi connectivity index (χ2n) is 3.68. The molecule has 0 bridgehead atoms. The molecule has 88 valence electrons. The Morgan fingerprint density at radius 3 is 2.75 bits per heavy atom. The van der Waals surface area contributed by atoms with E-state index in [1.165, 1.54) is 0 Å². The first-order chi connectivity index (χ1) is 7.81. The van der Waals surface area contributed by atoms with Gasteiger partial charge in [0.1, 0.15) is 0 Å². The fourth-order valence-corrected chi connectivity index (χ4v) is 1.80. The van der Waals surface area contributed by atoms with Crippen molar-refractivity contribution in [1.82, 2.24) is 0 Å². The fourth-order valence-electron chi connectivity index (χ4n) is 1.80. The van der Waals surface area contributed by atoms with E-state index in [4.69, 9.17) is 9.47 Å². The van der Waals surface area contributed by atoms with Crippen molar-refractivity contribution in [2.45, 2.75) is 6.92 Å². The summed E-state index contributed by atoms with van der Waals surface area (Å²) in [5, 5.41) is 9.77. The van der Waals surface area contributed by atoms with Crippen molar-refractivity contribution in [2.75, 3.05) is 37.8 Å². The minimum atomic E-state index is 0.200. The lowest BCUT2D eigenvalue weighted by molar-refractivity contribution is 0.122. The smallest absolute Gasteiger partial charge is 0.161 e. The van der Waals surface area contributed by atoms with Crippen LogP contribution in [-0.2, 0) is 4.74 Å². The zero-order valence-electron chi connectivity index (χ0n) is 9.48. The number of rotatable bonds is 3. The average Bonchev–Trinajstić information content (AvgIpc) is 2.33. The Morgan fingerprint density at radius 1 is 1.38 bits per heavy atom. The maximum absolute atomic E-state index is 9.77. The first kappa shape index (κ1) is 11.1. The summed E-state index contributed by atoms with van der Waals surface area (Å²) in [6.45, 7) is 5.68. The molecule has 1 fully saturated rings. The molecular weight excluding hydrogens is 206 g/mol. The van der Waals surface area contributed by atoms with Crippen molar-refractivity contribution >= 4 is 5.69 Å². The topological polar surface area (TPSA) is 41.9 Å². The summed E-state index contributed by atoms with van der Waals surface area (Å²) in [4.78, 5) is 2.19. The van der Waals surface area contributed by atoms with Crippen LogP contribution in [0.3, 0.4) is 0 Å². The van der Waals surface area contributed by atoms with E-state index < -0.39 is 0 Å². The van der Waals surface area contributed by atoms with Gasteiger partial charge in [-0.1, -0.05) is 0 Å². The monoisotopic (exact) mass is 223 g/mol. The van der Waals surface area contributed by atoms with Gasteiger partial charge in [-0.3, -0.25) is 0 Å². The molecule has 0 unspecified atom stereocenters. The van der Waals surface area contributed by atoms with Gasteiger partial charge in [-0.2, -0.15) is 0 Å². The number of phenols is 1. The van der Waals surface area contributed by atoms with Gasteiger partial charge < -0.3 is 19.5 Å². The Bertz CT molecular complexity index is 348. The lowest BCUT2D eigenvalue weighted by atomic mass is 10.2. The highest BCUT2D eigenvalue weighted by molar-refractivity contribution is 5.56. The van der Waals surface area contributed by atoms with Crippen molar-refractivity contribution in [1.29, 1.82) is 0 Å². The van der Waals surface area contributed by atoms with Crippen molar-refractivity contribution in [3.05, 3.63) is 18.2 Å². The third-order valence-electron chi connectivity index (χ3n) is 2.62. The molecule has 1 aliphatic heterocycles. The number of anilines is 1. The molecule has 1 aromatic rings. The second kappa shape index (κ2) is 5.07. The molecule has 1 saturated heterocycles. The summed E-state index contributed by atoms with van der Waals surface area (Å²) >= 11 is 0. The summed E-state index contributed by atoms with van der Waals surface area (Å²) < 4.78 is 10.6. The van der Waals surface area contributed by atoms with E-state index >= 15 is 0 Å². The van der Waals surface area contributed by atoms with E-state index in [1.807, 2.05) is 19.1 Å². The standard InChI is InChI=1S/C12H17NO3/c1-2-16-12-4-3-10(9-11(12)14)13-5-7-15-8-6-13/h3-4,9,14H,2,5-8H2,1H3. The minimum Gasteiger partial charge on any atom is -0.504 e. The molecule has 16 heavy (non-hydrogen) atoms. The van der Waals surface area contributed by atoms with Gasteiger partial charge in [0.15, 0.2) is 11.5 Å². The molecule has 0 amide bonds. The summed E-state index contributed by atoms with van der Waals surface area (Å²) in [5.74, 6) is 0.741. The molecular formula is C12H17NO3. The lowest BCUT2D eigenvalue weighted by Gasteiger charge is -2.29. The van der Waals surface area contributed by atoms with E-state index in [9.17, 15) is 5.11 Å². The molecule has 0 saturated carbocycles. The van der Waals surface area contributed by atoms with Crippen LogP contribution in [0.4, 0.5) is 5.69 Å². The third-order valence-corrected chi connectivity index (χ3v) is 2.62. The van der Waals surface area contributed by atoms with E-state index in [0.717, 1.165) is 32.0 Å². The lowest BCUT2D eigenvalue weighted by Crippen LogP contribution is -2.36. The number of phenolic OH excluding ortho intramolecular Hbond substituents is 1.